The Kier molecular flexibility index (Phi) is 8.10. The predicted octanol–water partition coefficient (Wildman–Crippen LogP) is 6.83. The summed E-state index contributed by atoms with van der Waals surface area (Å²) in [6, 6.07) is 14.0. The first-order valence-corrected chi connectivity index (χ1v) is 15.0. The van der Waals surface area contributed by atoms with E-state index in [1.165, 1.54) is 5.69 Å². The molecule has 0 radical (unpaired) electrons. The van der Waals surface area contributed by atoms with Crippen molar-refractivity contribution in [1.29, 1.82) is 0 Å². The summed E-state index contributed by atoms with van der Waals surface area (Å²) < 4.78 is 2.08. The molecule has 6 rings (SSSR count). The number of fused-ring (bicyclic) bond motifs is 1. The number of nitrogens with one attached hydrogen (secondary N) is 2. The summed E-state index contributed by atoms with van der Waals surface area (Å²) in [6.45, 7) is 1.88. The number of benzene rings is 2. The van der Waals surface area contributed by atoms with Crippen molar-refractivity contribution < 1.29 is 4.79 Å². The fourth-order valence-corrected chi connectivity index (χ4v) is 6.85. The third-order valence-corrected chi connectivity index (χ3v) is 8.83. The lowest BCUT2D eigenvalue weighted by Crippen LogP contribution is -2.42. The smallest absolute Gasteiger partial charge is 0.225 e. The molecule has 1 saturated heterocycles. The van der Waals surface area contributed by atoms with Gasteiger partial charge in [-0.2, -0.15) is 4.98 Å². The molecule has 0 spiro atoms. The van der Waals surface area contributed by atoms with E-state index in [2.05, 4.69) is 49.4 Å². The van der Waals surface area contributed by atoms with E-state index in [4.69, 9.17) is 50.5 Å². The minimum absolute atomic E-state index is 0.0500. The van der Waals surface area contributed by atoms with Crippen LogP contribution < -0.4 is 21.3 Å². The second kappa shape index (κ2) is 11.9. The van der Waals surface area contributed by atoms with Gasteiger partial charge >= 0.3 is 0 Å². The van der Waals surface area contributed by atoms with Crippen LogP contribution in [-0.2, 0) is 4.79 Å². The minimum atomic E-state index is -0.247. The van der Waals surface area contributed by atoms with Crippen LogP contribution in [0, 0.1) is 5.92 Å². The monoisotopic (exact) mass is 612 g/mol. The number of para-hydroxylation sites is 1. The highest BCUT2D eigenvalue weighted by atomic mass is 35.5. The van der Waals surface area contributed by atoms with Gasteiger partial charge < -0.3 is 21.3 Å². The van der Waals surface area contributed by atoms with Gasteiger partial charge in [-0.3, -0.25) is 9.36 Å². The maximum absolute atomic E-state index is 11.8. The topological polar surface area (TPSA) is 114 Å². The van der Waals surface area contributed by atoms with E-state index in [9.17, 15) is 4.79 Å². The van der Waals surface area contributed by atoms with Crippen LogP contribution in [0.15, 0.2) is 48.7 Å². The number of halogens is 3. The molecule has 1 aliphatic heterocycles. The molecule has 214 valence electrons. The zero-order valence-corrected chi connectivity index (χ0v) is 24.6. The number of nitrogens with zero attached hydrogens (tertiary/aromatic N) is 5. The molecule has 4 N–H and O–H groups in total. The normalized spacial score (nSPS) is 21.1. The summed E-state index contributed by atoms with van der Waals surface area (Å²) >= 11 is 19.1. The fraction of sp³-hybridized carbons (Fsp3) is 0.379. The highest BCUT2D eigenvalue weighted by Gasteiger charge is 2.30. The molecule has 2 aliphatic rings. The van der Waals surface area contributed by atoms with Crippen molar-refractivity contribution >= 4 is 75.1 Å². The number of carbonyl (C=O) groups is 1. The molecule has 41 heavy (non-hydrogen) atoms. The summed E-state index contributed by atoms with van der Waals surface area (Å²) in [5, 5.41) is 8.10. The minimum Gasteiger partial charge on any atom is -0.369 e. The molecule has 12 heteroatoms. The number of rotatable bonds is 7. The van der Waals surface area contributed by atoms with E-state index >= 15 is 0 Å². The predicted molar refractivity (Wildman–Crippen MR) is 166 cm³/mol. The first-order valence-electron chi connectivity index (χ1n) is 13.9. The lowest BCUT2D eigenvalue weighted by atomic mass is 9.85. The number of hydrogen-bond donors (Lipinski definition) is 3. The van der Waals surface area contributed by atoms with Gasteiger partial charge in [-0.1, -0.05) is 53.0 Å². The van der Waals surface area contributed by atoms with Gasteiger partial charge in [0.05, 0.1) is 21.9 Å². The second-order valence-corrected chi connectivity index (χ2v) is 12.0. The van der Waals surface area contributed by atoms with E-state index in [1.54, 1.807) is 18.3 Å². The van der Waals surface area contributed by atoms with Crippen molar-refractivity contribution in [2.24, 2.45) is 11.7 Å². The van der Waals surface area contributed by atoms with Crippen LogP contribution in [0.2, 0.25) is 15.1 Å². The van der Waals surface area contributed by atoms with Gasteiger partial charge in [-0.25, -0.2) is 9.97 Å². The largest absolute Gasteiger partial charge is 0.369 e. The molecule has 0 unspecified atom stereocenters. The van der Waals surface area contributed by atoms with Gasteiger partial charge in [0, 0.05) is 41.8 Å². The van der Waals surface area contributed by atoms with Crippen molar-refractivity contribution in [3.63, 3.8) is 0 Å². The molecule has 2 aromatic heterocycles. The molecular weight excluding hydrogens is 583 g/mol. The number of nitrogens with two attached hydrogens (primary N) is 1. The molecule has 0 bridgehead atoms. The summed E-state index contributed by atoms with van der Waals surface area (Å²) in [5.41, 5.74) is 8.68. The highest BCUT2D eigenvalue weighted by molar-refractivity contribution is 6.41. The Balaban J connectivity index is 1.31. The number of anilines is 4. The second-order valence-electron chi connectivity index (χ2n) is 10.8. The molecular formula is C29H31Cl3N8O. The van der Waals surface area contributed by atoms with Crippen LogP contribution in [0.25, 0.3) is 11.2 Å². The van der Waals surface area contributed by atoms with Crippen LogP contribution >= 0.6 is 34.8 Å². The van der Waals surface area contributed by atoms with E-state index in [-0.39, 0.29) is 23.9 Å². The number of imidazole rings is 1. The Morgan fingerprint density at radius 1 is 0.976 bits per heavy atom. The Morgan fingerprint density at radius 3 is 2.41 bits per heavy atom. The Labute approximate surface area is 253 Å². The van der Waals surface area contributed by atoms with Crippen molar-refractivity contribution in [3.05, 3.63) is 63.7 Å². The summed E-state index contributed by atoms with van der Waals surface area (Å²) in [4.78, 5) is 28.6. The van der Waals surface area contributed by atoms with E-state index < -0.39 is 0 Å². The maximum Gasteiger partial charge on any atom is 0.225 e. The Hall–Kier alpha value is -3.27. The average molecular weight is 614 g/mol. The molecule has 1 atom stereocenters. The zero-order valence-electron chi connectivity index (χ0n) is 22.4. The standard InChI is InChI=1S/C29H31Cl3N8O/c30-18-13-22(31)25(23(32)14-18)37-29-36-24-15-34-28(35-19-5-4-12-39(16-19)20-6-2-1-3-7-20)38-27(24)40(29)21-10-8-17(9-11-21)26(33)41/h1-3,6-7,13-15,17,19,21H,4-5,8-12,16H2,(H2,33,41)(H,36,37)(H,34,35,38)/t17?,19-,21?/m1/s1. The van der Waals surface area contributed by atoms with Crippen LogP contribution in [-0.4, -0.2) is 44.6 Å². The molecule has 1 saturated carbocycles. The zero-order chi connectivity index (χ0) is 28.5. The molecule has 9 nitrogen and oxygen atoms in total. The van der Waals surface area contributed by atoms with Crippen LogP contribution in [0.4, 0.5) is 23.3 Å². The first-order chi connectivity index (χ1) is 19.9. The number of hydrogen-bond acceptors (Lipinski definition) is 7. The van der Waals surface area contributed by atoms with Crippen LogP contribution in [0.1, 0.15) is 44.6 Å². The molecule has 1 aliphatic carbocycles. The van der Waals surface area contributed by atoms with Crippen molar-refractivity contribution in [3.8, 4) is 0 Å². The number of primary amides is 1. The number of piperidine rings is 1. The van der Waals surface area contributed by atoms with Gasteiger partial charge in [0.1, 0.15) is 5.52 Å². The summed E-state index contributed by atoms with van der Waals surface area (Å²) in [6.07, 6.45) is 6.77. The van der Waals surface area contributed by atoms with Gasteiger partial charge in [0.25, 0.3) is 0 Å². The third kappa shape index (κ3) is 6.03. The van der Waals surface area contributed by atoms with Gasteiger partial charge in [0.2, 0.25) is 17.8 Å². The number of aromatic nitrogens is 4. The van der Waals surface area contributed by atoms with Gasteiger partial charge in [0.15, 0.2) is 5.65 Å². The quantitative estimate of drug-likeness (QED) is 0.209. The van der Waals surface area contributed by atoms with Gasteiger partial charge in [-0.05, 0) is 62.8 Å². The fourth-order valence-electron chi connectivity index (χ4n) is 5.94. The highest BCUT2D eigenvalue weighted by Crippen LogP contribution is 2.40. The third-order valence-electron chi connectivity index (χ3n) is 8.02. The van der Waals surface area contributed by atoms with E-state index in [0.717, 1.165) is 38.8 Å². The van der Waals surface area contributed by atoms with Crippen LogP contribution in [0.3, 0.4) is 0 Å². The van der Waals surface area contributed by atoms with Crippen LogP contribution in [0.5, 0.6) is 0 Å². The SMILES string of the molecule is NC(=O)C1CCC(n2c(Nc3c(Cl)cc(Cl)cc3Cl)nc3cnc(N[C@@H]4CCCN(c5ccccc5)C4)nc32)CC1. The van der Waals surface area contributed by atoms with E-state index in [0.29, 0.717) is 56.7 Å². The molecule has 4 aromatic rings. The Bertz CT molecular complexity index is 1530. The van der Waals surface area contributed by atoms with Crippen molar-refractivity contribution in [1.82, 2.24) is 19.5 Å². The van der Waals surface area contributed by atoms with Crippen molar-refractivity contribution in [2.75, 3.05) is 28.6 Å². The number of carbonyl (C=O) groups excluding carboxylic acids is 1. The summed E-state index contributed by atoms with van der Waals surface area (Å²) in [5.74, 6) is 0.734. The molecule has 1 amide bonds. The summed E-state index contributed by atoms with van der Waals surface area (Å²) in [7, 11) is 0. The molecule has 2 fully saturated rings. The average Bonchev–Trinajstić information content (AvgIpc) is 3.33. The van der Waals surface area contributed by atoms with Gasteiger partial charge in [-0.15, -0.1) is 0 Å². The number of amides is 1. The first kappa shape index (κ1) is 27.9. The lowest BCUT2D eigenvalue weighted by Gasteiger charge is -2.34. The molecule has 2 aromatic carbocycles. The van der Waals surface area contributed by atoms with E-state index in [1.807, 2.05) is 6.07 Å². The maximum atomic E-state index is 11.8. The molecule has 3 heterocycles. The Morgan fingerprint density at radius 2 is 1.71 bits per heavy atom. The van der Waals surface area contributed by atoms with Crippen molar-refractivity contribution in [2.45, 2.75) is 50.6 Å². The lowest BCUT2D eigenvalue weighted by molar-refractivity contribution is -0.122.